The number of hydrogen-bond donors (Lipinski definition) is 2. The number of hydrogen-bond acceptors (Lipinski definition) is 6. The lowest BCUT2D eigenvalue weighted by Gasteiger charge is -2.29. The lowest BCUT2D eigenvalue weighted by molar-refractivity contribution is -0.138. The second-order valence-corrected chi connectivity index (χ2v) is 11.5. The third kappa shape index (κ3) is 9.20. The molecule has 0 aliphatic carbocycles. The molecule has 4 rings (SSSR count). The molecule has 0 saturated carbocycles. The van der Waals surface area contributed by atoms with Gasteiger partial charge in [0.15, 0.2) is 12.4 Å². The van der Waals surface area contributed by atoms with Crippen molar-refractivity contribution in [3.05, 3.63) is 92.7 Å². The highest BCUT2D eigenvalue weighted by atomic mass is 35.5. The molecule has 0 atom stereocenters. The van der Waals surface area contributed by atoms with Crippen LogP contribution >= 0.6 is 23.2 Å². The maximum absolute atomic E-state index is 13.9. The smallest absolute Gasteiger partial charge is 0.416 e. The van der Waals surface area contributed by atoms with Crippen LogP contribution < -0.4 is 15.5 Å². The van der Waals surface area contributed by atoms with Crippen molar-refractivity contribution in [2.75, 3.05) is 38.2 Å². The number of ketones is 1. The number of carbonyl (C=O) groups is 3. The summed E-state index contributed by atoms with van der Waals surface area (Å²) in [5.74, 6) is 2.48. The van der Waals surface area contributed by atoms with E-state index >= 15 is 0 Å². The third-order valence-electron chi connectivity index (χ3n) is 6.63. The van der Waals surface area contributed by atoms with Crippen LogP contribution in [0.5, 0.6) is 5.75 Å². The van der Waals surface area contributed by atoms with Gasteiger partial charge in [-0.05, 0) is 68.4 Å². The van der Waals surface area contributed by atoms with E-state index in [4.69, 9.17) is 32.7 Å². The highest BCUT2D eigenvalue weighted by Crippen LogP contribution is 2.32. The summed E-state index contributed by atoms with van der Waals surface area (Å²) in [7, 11) is 0. The van der Waals surface area contributed by atoms with Crippen molar-refractivity contribution in [2.45, 2.75) is 20.0 Å². The molecule has 1 aliphatic heterocycles. The van der Waals surface area contributed by atoms with Crippen LogP contribution in [-0.4, -0.2) is 55.5 Å². The van der Waals surface area contributed by atoms with E-state index in [1.54, 1.807) is 24.9 Å². The number of anilines is 1. The van der Waals surface area contributed by atoms with Crippen molar-refractivity contribution in [3.8, 4) is 17.6 Å². The van der Waals surface area contributed by atoms with Gasteiger partial charge in [0, 0.05) is 29.2 Å². The van der Waals surface area contributed by atoms with Crippen LogP contribution in [0, 0.1) is 23.1 Å². The van der Waals surface area contributed by atoms with Gasteiger partial charge in [0.25, 0.3) is 11.8 Å². The standard InChI is InChI=1S/C32H27Cl2F4N3O5/c1-31(2,30(44)40-41-9-11-45-12-10-41)8-7-19-3-5-26(25(34)13-19)39-28(42)18-46-27-6-4-22(33)17-24(27)29(43)20-14-21(32(36,37)38)16-23(35)15-20/h3-6,13-17H,9-12,18H2,1-2H3,(H,39,42)(H,40,44). The number of ether oxygens (including phenoxy) is 2. The predicted octanol–water partition coefficient (Wildman–Crippen LogP) is 6.14. The fourth-order valence-corrected chi connectivity index (χ4v) is 4.51. The highest BCUT2D eigenvalue weighted by Gasteiger charge is 2.32. The number of hydrazine groups is 1. The summed E-state index contributed by atoms with van der Waals surface area (Å²) >= 11 is 12.3. The molecule has 1 fully saturated rings. The maximum Gasteiger partial charge on any atom is 0.416 e. The molecule has 0 radical (unpaired) electrons. The normalized spacial score (nSPS) is 13.7. The zero-order valence-corrected chi connectivity index (χ0v) is 26.0. The largest absolute Gasteiger partial charge is 0.483 e. The van der Waals surface area contributed by atoms with Gasteiger partial charge in [-0.1, -0.05) is 35.0 Å². The second-order valence-electron chi connectivity index (χ2n) is 10.6. The van der Waals surface area contributed by atoms with Gasteiger partial charge in [0.05, 0.1) is 35.1 Å². The van der Waals surface area contributed by atoms with Crippen molar-refractivity contribution < 1.29 is 41.4 Å². The Morgan fingerprint density at radius 2 is 1.72 bits per heavy atom. The lowest BCUT2D eigenvalue weighted by atomic mass is 9.93. The molecule has 0 unspecified atom stereocenters. The Hall–Kier alpha value is -4.15. The van der Waals surface area contributed by atoms with E-state index in [0.29, 0.717) is 44.0 Å². The summed E-state index contributed by atoms with van der Waals surface area (Å²) in [5.41, 5.74) is 0.322. The molecule has 3 aromatic rings. The monoisotopic (exact) mass is 679 g/mol. The molecule has 242 valence electrons. The minimum absolute atomic E-state index is 0.0590. The van der Waals surface area contributed by atoms with Crippen LogP contribution in [0.1, 0.15) is 40.9 Å². The summed E-state index contributed by atoms with van der Waals surface area (Å²) in [6.07, 6.45) is -4.88. The molecule has 0 spiro atoms. The Balaban J connectivity index is 1.41. The number of nitrogens with zero attached hydrogens (tertiary/aromatic N) is 1. The van der Waals surface area contributed by atoms with Gasteiger partial charge in [-0.15, -0.1) is 0 Å². The average Bonchev–Trinajstić information content (AvgIpc) is 3.00. The molecule has 46 heavy (non-hydrogen) atoms. The fraction of sp³-hybridized carbons (Fsp3) is 0.281. The number of carbonyl (C=O) groups excluding carboxylic acids is 3. The summed E-state index contributed by atoms with van der Waals surface area (Å²) in [6, 6.07) is 9.79. The summed E-state index contributed by atoms with van der Waals surface area (Å²) in [4.78, 5) is 38.5. The first-order valence-corrected chi connectivity index (χ1v) is 14.5. The molecular formula is C32H27Cl2F4N3O5. The van der Waals surface area contributed by atoms with Gasteiger partial charge in [0.1, 0.15) is 17.0 Å². The van der Waals surface area contributed by atoms with E-state index in [-0.39, 0.29) is 39.0 Å². The van der Waals surface area contributed by atoms with Gasteiger partial charge in [-0.25, -0.2) is 9.40 Å². The van der Waals surface area contributed by atoms with Crippen LogP contribution in [0.15, 0.2) is 54.6 Å². The molecule has 2 N–H and O–H groups in total. The second kappa shape index (κ2) is 14.5. The molecule has 3 aromatic carbocycles. The minimum Gasteiger partial charge on any atom is -0.483 e. The Labute approximate surface area is 271 Å². The molecule has 2 amide bonds. The van der Waals surface area contributed by atoms with Crippen LogP contribution in [0.25, 0.3) is 0 Å². The van der Waals surface area contributed by atoms with Crippen LogP contribution in [-0.2, 0) is 20.5 Å². The van der Waals surface area contributed by atoms with E-state index in [1.165, 1.54) is 24.3 Å². The molecule has 1 saturated heterocycles. The number of morpholine rings is 1. The van der Waals surface area contributed by atoms with Crippen molar-refractivity contribution in [2.24, 2.45) is 5.41 Å². The molecular weight excluding hydrogens is 653 g/mol. The van der Waals surface area contributed by atoms with Crippen LogP contribution in [0.4, 0.5) is 23.2 Å². The van der Waals surface area contributed by atoms with Gasteiger partial charge >= 0.3 is 6.18 Å². The Bertz CT molecular complexity index is 1710. The first kappa shape index (κ1) is 34.7. The molecule has 8 nitrogen and oxygen atoms in total. The molecule has 0 aromatic heterocycles. The zero-order chi connectivity index (χ0) is 33.6. The Morgan fingerprint density at radius 3 is 2.39 bits per heavy atom. The predicted molar refractivity (Wildman–Crippen MR) is 163 cm³/mol. The van der Waals surface area contributed by atoms with E-state index < -0.39 is 46.8 Å². The number of nitrogens with one attached hydrogen (secondary N) is 2. The third-order valence-corrected chi connectivity index (χ3v) is 7.18. The topological polar surface area (TPSA) is 97.0 Å². The van der Waals surface area contributed by atoms with E-state index in [2.05, 4.69) is 22.6 Å². The number of benzene rings is 3. The van der Waals surface area contributed by atoms with Gasteiger partial charge in [-0.2, -0.15) is 13.2 Å². The highest BCUT2D eigenvalue weighted by molar-refractivity contribution is 6.33. The first-order valence-electron chi connectivity index (χ1n) is 13.7. The van der Waals surface area contributed by atoms with Gasteiger partial charge in [0.2, 0.25) is 0 Å². The van der Waals surface area contributed by atoms with E-state index in [0.717, 1.165) is 6.07 Å². The van der Waals surface area contributed by atoms with Gasteiger partial charge in [-0.3, -0.25) is 19.8 Å². The minimum atomic E-state index is -4.88. The quantitative estimate of drug-likeness (QED) is 0.169. The van der Waals surface area contributed by atoms with Crippen LogP contribution in [0.3, 0.4) is 0 Å². The first-order chi connectivity index (χ1) is 21.6. The Kier molecular flexibility index (Phi) is 11.0. The zero-order valence-electron chi connectivity index (χ0n) is 24.5. The molecule has 0 bridgehead atoms. The SMILES string of the molecule is CC(C)(C#Cc1ccc(NC(=O)COc2ccc(Cl)cc2C(=O)c2cc(F)cc(C(F)(F)F)c2)c(Cl)c1)C(=O)NN1CCOCC1. The number of amides is 2. The van der Waals surface area contributed by atoms with Crippen molar-refractivity contribution in [1.29, 1.82) is 0 Å². The average molecular weight is 680 g/mol. The van der Waals surface area contributed by atoms with E-state index in [1.807, 2.05) is 0 Å². The molecule has 1 heterocycles. The number of rotatable bonds is 8. The van der Waals surface area contributed by atoms with Crippen LogP contribution in [0.2, 0.25) is 10.0 Å². The summed E-state index contributed by atoms with van der Waals surface area (Å²) in [6.45, 7) is 4.93. The van der Waals surface area contributed by atoms with Crippen molar-refractivity contribution in [3.63, 3.8) is 0 Å². The van der Waals surface area contributed by atoms with Crippen molar-refractivity contribution >= 4 is 46.5 Å². The summed E-state index contributed by atoms with van der Waals surface area (Å²) < 4.78 is 64.2. The maximum atomic E-state index is 13.9. The number of halogens is 6. The molecule has 1 aliphatic rings. The summed E-state index contributed by atoms with van der Waals surface area (Å²) in [5, 5.41) is 4.53. The molecule has 14 heteroatoms. The lowest BCUT2D eigenvalue weighted by Crippen LogP contribution is -2.51. The van der Waals surface area contributed by atoms with Gasteiger partial charge < -0.3 is 14.8 Å². The fourth-order valence-electron chi connectivity index (χ4n) is 4.11. The Morgan fingerprint density at radius 1 is 1.00 bits per heavy atom. The number of alkyl halides is 3. The van der Waals surface area contributed by atoms with Crippen molar-refractivity contribution in [1.82, 2.24) is 10.4 Å². The van der Waals surface area contributed by atoms with E-state index in [9.17, 15) is 31.9 Å².